The van der Waals surface area contributed by atoms with E-state index in [2.05, 4.69) is 32.6 Å². The molecule has 0 aromatic carbocycles. The molecule has 20 heavy (non-hydrogen) atoms. The zero-order chi connectivity index (χ0) is 14.7. The second kappa shape index (κ2) is 6.90. The van der Waals surface area contributed by atoms with Crippen LogP contribution in [0, 0.1) is 5.92 Å². The molecule has 114 valence electrons. The summed E-state index contributed by atoms with van der Waals surface area (Å²) < 4.78 is 0. The summed E-state index contributed by atoms with van der Waals surface area (Å²) in [6, 6.07) is 0.598. The number of aromatic nitrogens is 1. The van der Waals surface area contributed by atoms with E-state index in [0.29, 0.717) is 24.4 Å². The molecule has 0 bridgehead atoms. The Labute approximate surface area is 127 Å². The number of nitrogens with two attached hydrogens (primary N) is 1. The zero-order valence-corrected chi connectivity index (χ0v) is 14.2. The maximum Gasteiger partial charge on any atom is 0.186 e. The van der Waals surface area contributed by atoms with Crippen LogP contribution in [0.25, 0.3) is 0 Å². The van der Waals surface area contributed by atoms with Crippen LogP contribution in [-0.2, 0) is 6.54 Å². The number of thiazole rings is 1. The van der Waals surface area contributed by atoms with Gasteiger partial charge in [-0.25, -0.2) is 4.98 Å². The Balaban J connectivity index is 2.27. The van der Waals surface area contributed by atoms with Gasteiger partial charge in [-0.3, -0.25) is 0 Å². The lowest BCUT2D eigenvalue weighted by molar-refractivity contribution is 0.506. The Morgan fingerprint density at radius 3 is 2.40 bits per heavy atom. The fourth-order valence-electron chi connectivity index (χ4n) is 2.80. The van der Waals surface area contributed by atoms with E-state index in [1.54, 1.807) is 0 Å². The Morgan fingerprint density at radius 2 is 1.95 bits per heavy atom. The Morgan fingerprint density at radius 1 is 1.30 bits per heavy atom. The van der Waals surface area contributed by atoms with Crippen molar-refractivity contribution < 1.29 is 0 Å². The highest BCUT2D eigenvalue weighted by Gasteiger charge is 2.31. The maximum atomic E-state index is 5.92. The van der Waals surface area contributed by atoms with Gasteiger partial charge in [-0.2, -0.15) is 0 Å². The molecule has 1 aliphatic rings. The lowest BCUT2D eigenvalue weighted by Crippen LogP contribution is -2.37. The van der Waals surface area contributed by atoms with Crippen molar-refractivity contribution in [3.63, 3.8) is 0 Å². The van der Waals surface area contributed by atoms with Gasteiger partial charge in [-0.1, -0.05) is 27.7 Å². The number of nitrogens with zero attached hydrogens (tertiary/aromatic N) is 2. The normalized spacial score (nSPS) is 15.3. The van der Waals surface area contributed by atoms with Crippen LogP contribution >= 0.6 is 11.3 Å². The first-order chi connectivity index (χ1) is 9.60. The third-order valence-corrected chi connectivity index (χ3v) is 5.19. The highest BCUT2D eigenvalue weighted by molar-refractivity contribution is 7.15. The van der Waals surface area contributed by atoms with Gasteiger partial charge in [-0.15, -0.1) is 11.3 Å². The number of hydrogen-bond acceptors (Lipinski definition) is 4. The van der Waals surface area contributed by atoms with Gasteiger partial charge < -0.3 is 10.6 Å². The van der Waals surface area contributed by atoms with E-state index in [1.165, 1.54) is 41.4 Å². The van der Waals surface area contributed by atoms with Crippen LogP contribution in [0.1, 0.15) is 69.9 Å². The summed E-state index contributed by atoms with van der Waals surface area (Å²) in [7, 11) is 0. The molecular weight excluding hydrogens is 266 g/mol. The molecule has 1 fully saturated rings. The van der Waals surface area contributed by atoms with Crippen molar-refractivity contribution >= 4 is 16.5 Å². The van der Waals surface area contributed by atoms with Crippen LogP contribution in [0.3, 0.4) is 0 Å². The van der Waals surface area contributed by atoms with E-state index in [0.717, 1.165) is 6.54 Å². The largest absolute Gasteiger partial charge is 0.345 e. The first kappa shape index (κ1) is 15.8. The minimum absolute atomic E-state index is 0.598. The molecule has 1 heterocycles. The molecule has 3 nitrogen and oxygen atoms in total. The van der Waals surface area contributed by atoms with Crippen molar-refractivity contribution in [1.82, 2.24) is 4.98 Å². The number of hydrogen-bond donors (Lipinski definition) is 1. The van der Waals surface area contributed by atoms with Crippen LogP contribution in [0.5, 0.6) is 0 Å². The van der Waals surface area contributed by atoms with Gasteiger partial charge in [0.15, 0.2) is 5.13 Å². The molecule has 0 amide bonds. The Bertz CT molecular complexity index is 419. The van der Waals surface area contributed by atoms with Gasteiger partial charge in [0, 0.05) is 29.9 Å². The molecule has 4 heteroatoms. The predicted molar refractivity (Wildman–Crippen MR) is 88.5 cm³/mol. The Hall–Kier alpha value is -0.610. The fraction of sp³-hybridized carbons (Fsp3) is 0.812. The van der Waals surface area contributed by atoms with Crippen LogP contribution in [-0.4, -0.2) is 17.6 Å². The third kappa shape index (κ3) is 3.53. The van der Waals surface area contributed by atoms with E-state index in [9.17, 15) is 0 Å². The quantitative estimate of drug-likeness (QED) is 0.784. The molecule has 0 spiro atoms. The molecule has 1 aromatic rings. The fourth-order valence-corrected chi connectivity index (χ4v) is 3.91. The van der Waals surface area contributed by atoms with Crippen molar-refractivity contribution in [2.24, 2.45) is 11.7 Å². The first-order valence-electron chi connectivity index (χ1n) is 8.06. The summed E-state index contributed by atoms with van der Waals surface area (Å²) in [4.78, 5) is 8.81. The summed E-state index contributed by atoms with van der Waals surface area (Å²) in [6.07, 6.45) is 4.95. The van der Waals surface area contributed by atoms with E-state index >= 15 is 0 Å². The predicted octanol–water partition coefficient (Wildman–Crippen LogP) is 4.13. The van der Waals surface area contributed by atoms with E-state index in [1.807, 2.05) is 11.3 Å². The molecular formula is C16H29N3S. The van der Waals surface area contributed by atoms with Gasteiger partial charge in [0.05, 0.1) is 5.69 Å². The van der Waals surface area contributed by atoms with Gasteiger partial charge >= 0.3 is 0 Å². The highest BCUT2D eigenvalue weighted by atomic mass is 32.1. The topological polar surface area (TPSA) is 42.2 Å². The van der Waals surface area contributed by atoms with Crippen molar-refractivity contribution in [1.29, 1.82) is 0 Å². The molecule has 0 aliphatic heterocycles. The second-order valence-corrected chi connectivity index (χ2v) is 7.36. The van der Waals surface area contributed by atoms with Crippen LogP contribution in [0.15, 0.2) is 0 Å². The van der Waals surface area contributed by atoms with Crippen molar-refractivity contribution in [3.8, 4) is 0 Å². The van der Waals surface area contributed by atoms with Crippen LogP contribution in [0.4, 0.5) is 5.13 Å². The molecule has 2 rings (SSSR count). The smallest absolute Gasteiger partial charge is 0.186 e. The van der Waals surface area contributed by atoms with Gasteiger partial charge in [-0.05, 0) is 31.6 Å². The lowest BCUT2D eigenvalue weighted by atomic mass is 10.1. The third-order valence-electron chi connectivity index (χ3n) is 4.06. The standard InChI is InChI=1S/C16H29N3S/c1-5-13(6-2)19(10-11(3)4)16-18-15(12-7-8-12)14(9-17)20-16/h11-13H,5-10,17H2,1-4H3. The molecule has 0 atom stereocenters. The molecule has 1 aliphatic carbocycles. The highest BCUT2D eigenvalue weighted by Crippen LogP contribution is 2.44. The summed E-state index contributed by atoms with van der Waals surface area (Å²) in [5.41, 5.74) is 7.22. The summed E-state index contributed by atoms with van der Waals surface area (Å²) in [6.45, 7) is 10.9. The molecule has 2 N–H and O–H groups in total. The summed E-state index contributed by atoms with van der Waals surface area (Å²) in [5.74, 6) is 1.35. The van der Waals surface area contributed by atoms with E-state index in [4.69, 9.17) is 10.7 Å². The number of rotatable bonds is 8. The molecule has 1 aromatic heterocycles. The first-order valence-corrected chi connectivity index (χ1v) is 8.88. The molecule has 0 unspecified atom stereocenters. The molecule has 1 saturated carbocycles. The van der Waals surface area contributed by atoms with Crippen molar-refractivity contribution in [2.75, 3.05) is 11.4 Å². The van der Waals surface area contributed by atoms with Crippen LogP contribution < -0.4 is 10.6 Å². The Kier molecular flexibility index (Phi) is 5.44. The van der Waals surface area contributed by atoms with Crippen molar-refractivity contribution in [3.05, 3.63) is 10.6 Å². The average Bonchev–Trinajstić information content (AvgIpc) is 3.18. The minimum Gasteiger partial charge on any atom is -0.345 e. The molecule has 0 saturated heterocycles. The van der Waals surface area contributed by atoms with Crippen LogP contribution in [0.2, 0.25) is 0 Å². The lowest BCUT2D eigenvalue weighted by Gasteiger charge is -2.31. The summed E-state index contributed by atoms with van der Waals surface area (Å²) >= 11 is 1.83. The molecule has 0 radical (unpaired) electrons. The minimum atomic E-state index is 0.598. The summed E-state index contributed by atoms with van der Waals surface area (Å²) in [5, 5.41) is 1.20. The van der Waals surface area contributed by atoms with Gasteiger partial charge in [0.1, 0.15) is 0 Å². The average molecular weight is 295 g/mol. The monoisotopic (exact) mass is 295 g/mol. The van der Waals surface area contributed by atoms with Crippen molar-refractivity contribution in [2.45, 2.75) is 71.9 Å². The number of anilines is 1. The SMILES string of the molecule is CCC(CC)N(CC(C)C)c1nc(C2CC2)c(CN)s1. The van der Waals surface area contributed by atoms with E-state index in [-0.39, 0.29) is 0 Å². The van der Waals surface area contributed by atoms with Gasteiger partial charge in [0.2, 0.25) is 0 Å². The van der Waals surface area contributed by atoms with Gasteiger partial charge in [0.25, 0.3) is 0 Å². The maximum absolute atomic E-state index is 5.92. The zero-order valence-electron chi connectivity index (χ0n) is 13.4. The van der Waals surface area contributed by atoms with E-state index < -0.39 is 0 Å². The second-order valence-electron chi connectivity index (χ2n) is 6.30.